The van der Waals surface area contributed by atoms with E-state index in [2.05, 4.69) is 5.32 Å². The van der Waals surface area contributed by atoms with Gasteiger partial charge >= 0.3 is 5.97 Å². The van der Waals surface area contributed by atoms with Crippen LogP contribution < -0.4 is 11.1 Å². The third kappa shape index (κ3) is 7.33. The van der Waals surface area contributed by atoms with Crippen LogP contribution in [0.3, 0.4) is 0 Å². The summed E-state index contributed by atoms with van der Waals surface area (Å²) in [6.07, 6.45) is 1.05. The maximum absolute atomic E-state index is 14.2. The van der Waals surface area contributed by atoms with Crippen molar-refractivity contribution in [3.8, 4) is 5.75 Å². The molecule has 1 atom stereocenters. The first-order valence-corrected chi connectivity index (χ1v) is 11.9. The number of carboxylic acid groups (broad SMARTS) is 1. The van der Waals surface area contributed by atoms with Crippen molar-refractivity contribution in [1.82, 2.24) is 10.2 Å². The Labute approximate surface area is 210 Å². The number of carbonyl (C=O) groups excluding carboxylic acids is 1. The van der Waals surface area contributed by atoms with Gasteiger partial charge in [0, 0.05) is 13.1 Å². The first-order valence-electron chi connectivity index (χ1n) is 11.9. The molecule has 0 saturated heterocycles. The maximum atomic E-state index is 14.2. The van der Waals surface area contributed by atoms with Gasteiger partial charge in [-0.25, -0.2) is 4.79 Å². The predicted octanol–water partition coefficient (Wildman–Crippen LogP) is 3.31. The molecule has 0 fully saturated rings. The fourth-order valence-electron chi connectivity index (χ4n) is 4.20. The maximum Gasteiger partial charge on any atom is 0.326 e. The molecule has 0 aliphatic carbocycles. The number of phenolic OH excluding ortho intramolecular Hbond substituents is 1. The second kappa shape index (κ2) is 12.9. The van der Waals surface area contributed by atoms with Gasteiger partial charge in [-0.15, -0.1) is 0 Å². The van der Waals surface area contributed by atoms with Gasteiger partial charge in [-0.2, -0.15) is 0 Å². The summed E-state index contributed by atoms with van der Waals surface area (Å²) < 4.78 is 0. The number of nitrogens with zero attached hydrogens (tertiary/aromatic N) is 1. The highest BCUT2D eigenvalue weighted by molar-refractivity contribution is 5.90. The lowest BCUT2D eigenvalue weighted by Gasteiger charge is -2.33. The summed E-state index contributed by atoms with van der Waals surface area (Å²) in [5.74, 6) is -2.09. The van der Waals surface area contributed by atoms with Crippen LogP contribution in [0.1, 0.15) is 35.4 Å². The van der Waals surface area contributed by atoms with E-state index in [1.54, 1.807) is 24.3 Å². The lowest BCUT2D eigenvalue weighted by Crippen LogP contribution is -2.48. The molecule has 0 aliphatic heterocycles. The van der Waals surface area contributed by atoms with Crippen LogP contribution in [0.15, 0.2) is 84.9 Å². The zero-order valence-corrected chi connectivity index (χ0v) is 20.0. The fraction of sp³-hybridized carbons (Fsp3) is 0.250. The number of hydrogen-bond acceptors (Lipinski definition) is 4. The molecule has 0 saturated carbocycles. The Morgan fingerprint density at radius 2 is 1.47 bits per heavy atom. The van der Waals surface area contributed by atoms with E-state index in [9.17, 15) is 19.8 Å². The third-order valence-corrected chi connectivity index (χ3v) is 6.00. The highest BCUT2D eigenvalue weighted by atomic mass is 16.4. The lowest BCUT2D eigenvalue weighted by atomic mass is 9.89. The largest absolute Gasteiger partial charge is 0.508 e. The summed E-state index contributed by atoms with van der Waals surface area (Å²) in [7, 11) is 0. The molecule has 36 heavy (non-hydrogen) atoms. The number of carbonyl (C=O) groups is 2. The number of hydrogen-bond donors (Lipinski definition) is 5. The number of nitrogens with two attached hydrogens (primary N) is 1. The minimum absolute atomic E-state index is 0.140. The van der Waals surface area contributed by atoms with Crippen molar-refractivity contribution in [1.29, 1.82) is 5.41 Å². The van der Waals surface area contributed by atoms with Gasteiger partial charge in [0.25, 0.3) is 0 Å². The van der Waals surface area contributed by atoms with Crippen LogP contribution in [-0.4, -0.2) is 52.1 Å². The monoisotopic (exact) mass is 488 g/mol. The van der Waals surface area contributed by atoms with Crippen molar-refractivity contribution >= 4 is 17.8 Å². The normalized spacial score (nSPS) is 11.6. The molecule has 3 aromatic rings. The number of aliphatic carboxylic acids is 1. The average Bonchev–Trinajstić information content (AvgIpc) is 2.87. The summed E-state index contributed by atoms with van der Waals surface area (Å²) in [6.45, 7) is 0.525. The van der Waals surface area contributed by atoms with E-state index in [4.69, 9.17) is 11.1 Å². The molecular weight excluding hydrogens is 456 g/mol. The summed E-state index contributed by atoms with van der Waals surface area (Å²) in [5, 5.41) is 29.7. The molecule has 8 nitrogen and oxygen atoms in total. The van der Waals surface area contributed by atoms with Crippen LogP contribution >= 0.6 is 0 Å². The van der Waals surface area contributed by atoms with E-state index in [0.717, 1.165) is 16.7 Å². The number of carboxylic acids is 1. The Kier molecular flexibility index (Phi) is 9.45. The van der Waals surface area contributed by atoms with Crippen molar-refractivity contribution in [2.24, 2.45) is 5.73 Å². The molecular formula is C28H32N4O4. The zero-order chi connectivity index (χ0) is 25.9. The SMILES string of the molecule is N=C(N)NCCC[C@@H](C(=O)O)N(CCc1ccc(O)cc1)C(=O)C(c1ccccc1)c1ccccc1. The standard InChI is InChI=1S/C28H32N4O4/c29-28(30)31-18-7-12-24(27(35)36)32(19-17-20-13-15-23(33)16-14-20)26(34)25(21-8-3-1-4-9-21)22-10-5-2-6-11-22/h1-6,8-11,13-16,24-25,33H,7,12,17-19H2,(H,35,36)(H4,29,30,31)/t24-/m0/s1. The van der Waals surface area contributed by atoms with Crippen LogP contribution in [0.2, 0.25) is 0 Å². The van der Waals surface area contributed by atoms with Gasteiger partial charge in [0.1, 0.15) is 11.8 Å². The first kappa shape index (κ1) is 26.3. The molecule has 3 rings (SSSR count). The average molecular weight is 489 g/mol. The Hall–Kier alpha value is -4.33. The molecule has 0 heterocycles. The van der Waals surface area contributed by atoms with Crippen LogP contribution in [-0.2, 0) is 16.0 Å². The molecule has 8 heteroatoms. The van der Waals surface area contributed by atoms with Gasteiger partial charge in [0.2, 0.25) is 5.91 Å². The Balaban J connectivity index is 1.95. The molecule has 0 bridgehead atoms. The lowest BCUT2D eigenvalue weighted by molar-refractivity contribution is -0.151. The molecule has 0 radical (unpaired) electrons. The van der Waals surface area contributed by atoms with Crippen molar-refractivity contribution in [3.05, 3.63) is 102 Å². The van der Waals surface area contributed by atoms with Gasteiger partial charge in [-0.3, -0.25) is 10.2 Å². The van der Waals surface area contributed by atoms with Crippen LogP contribution in [0.5, 0.6) is 5.75 Å². The van der Waals surface area contributed by atoms with Crippen molar-refractivity contribution in [2.45, 2.75) is 31.2 Å². The molecule has 0 aliphatic rings. The Morgan fingerprint density at radius 1 is 0.917 bits per heavy atom. The van der Waals surface area contributed by atoms with Gasteiger partial charge in [0.15, 0.2) is 5.96 Å². The summed E-state index contributed by atoms with van der Waals surface area (Å²) in [4.78, 5) is 28.0. The van der Waals surface area contributed by atoms with E-state index in [1.807, 2.05) is 60.7 Å². The number of guanidine groups is 1. The molecule has 0 unspecified atom stereocenters. The topological polar surface area (TPSA) is 140 Å². The van der Waals surface area contributed by atoms with Gasteiger partial charge in [0.05, 0.1) is 5.92 Å². The summed E-state index contributed by atoms with van der Waals surface area (Å²) in [5.41, 5.74) is 7.79. The number of phenols is 1. The quantitative estimate of drug-likeness (QED) is 0.151. The Morgan fingerprint density at radius 3 is 1.97 bits per heavy atom. The number of rotatable bonds is 12. The van der Waals surface area contributed by atoms with E-state index in [1.165, 1.54) is 4.90 Å². The van der Waals surface area contributed by atoms with Crippen LogP contribution in [0.25, 0.3) is 0 Å². The second-order valence-corrected chi connectivity index (χ2v) is 8.54. The summed E-state index contributed by atoms with van der Waals surface area (Å²) >= 11 is 0. The second-order valence-electron chi connectivity index (χ2n) is 8.54. The number of aromatic hydroxyl groups is 1. The minimum atomic E-state index is -1.09. The first-order chi connectivity index (χ1) is 17.4. The van der Waals surface area contributed by atoms with Crippen LogP contribution in [0, 0.1) is 5.41 Å². The van der Waals surface area contributed by atoms with E-state index >= 15 is 0 Å². The molecule has 1 amide bonds. The smallest absolute Gasteiger partial charge is 0.326 e. The molecule has 0 aromatic heterocycles. The van der Waals surface area contributed by atoms with Crippen molar-refractivity contribution < 1.29 is 19.8 Å². The molecule has 3 aromatic carbocycles. The molecule has 6 N–H and O–H groups in total. The summed E-state index contributed by atoms with van der Waals surface area (Å²) in [6, 6.07) is 24.3. The van der Waals surface area contributed by atoms with Gasteiger partial charge < -0.3 is 26.2 Å². The molecule has 188 valence electrons. The fourth-order valence-corrected chi connectivity index (χ4v) is 4.20. The number of amides is 1. The predicted molar refractivity (Wildman–Crippen MR) is 139 cm³/mol. The van der Waals surface area contributed by atoms with Crippen molar-refractivity contribution in [3.63, 3.8) is 0 Å². The number of benzene rings is 3. The van der Waals surface area contributed by atoms with Crippen LogP contribution in [0.4, 0.5) is 0 Å². The number of nitrogens with one attached hydrogen (secondary N) is 2. The minimum Gasteiger partial charge on any atom is -0.508 e. The Bertz CT molecular complexity index is 1100. The third-order valence-electron chi connectivity index (χ3n) is 6.00. The molecule has 0 spiro atoms. The zero-order valence-electron chi connectivity index (χ0n) is 20.0. The highest BCUT2D eigenvalue weighted by Crippen LogP contribution is 2.28. The van der Waals surface area contributed by atoms with E-state index in [0.29, 0.717) is 19.4 Å². The highest BCUT2D eigenvalue weighted by Gasteiger charge is 2.34. The van der Waals surface area contributed by atoms with Crippen molar-refractivity contribution in [2.75, 3.05) is 13.1 Å². The van der Waals surface area contributed by atoms with Gasteiger partial charge in [-0.1, -0.05) is 72.8 Å². The van der Waals surface area contributed by atoms with E-state index < -0.39 is 17.9 Å². The van der Waals surface area contributed by atoms with Gasteiger partial charge in [-0.05, 0) is 48.1 Å². The van der Waals surface area contributed by atoms with E-state index in [-0.39, 0.29) is 30.6 Å².